The molecule has 0 fully saturated rings. The van der Waals surface area contributed by atoms with Crippen molar-refractivity contribution in [1.29, 1.82) is 0 Å². The second-order valence-electron chi connectivity index (χ2n) is 2.57. The van der Waals surface area contributed by atoms with Crippen LogP contribution in [0.4, 0.5) is 0 Å². The van der Waals surface area contributed by atoms with Gasteiger partial charge in [-0.25, -0.2) is 4.79 Å². The van der Waals surface area contributed by atoms with Crippen molar-refractivity contribution < 1.29 is 19.5 Å². The van der Waals surface area contributed by atoms with Crippen LogP contribution in [0.3, 0.4) is 0 Å². The van der Waals surface area contributed by atoms with Gasteiger partial charge in [-0.05, 0) is 0 Å². The zero-order valence-electron chi connectivity index (χ0n) is 7.65. The Morgan fingerprint density at radius 3 is 2.43 bits per heavy atom. The molecule has 0 unspecified atom stereocenters. The van der Waals surface area contributed by atoms with Crippen LogP contribution in [0.25, 0.3) is 0 Å². The van der Waals surface area contributed by atoms with Crippen molar-refractivity contribution in [1.82, 2.24) is 5.32 Å². The number of carboxylic acids is 1. The summed E-state index contributed by atoms with van der Waals surface area (Å²) in [5.41, 5.74) is 4.86. The lowest BCUT2D eigenvalue weighted by atomic mass is 10.3. The Labute approximate surface area is 85.2 Å². The Balaban J connectivity index is 3.91. The van der Waals surface area contributed by atoms with Crippen molar-refractivity contribution >= 4 is 29.5 Å². The predicted octanol–water partition coefficient (Wildman–Crippen LogP) is -1.21. The smallest absolute Gasteiger partial charge is 0.327 e. The molecule has 0 saturated carbocycles. The van der Waals surface area contributed by atoms with Crippen LogP contribution in [0.1, 0.15) is 6.92 Å². The molecular formula is C7H12N2O4S. The quantitative estimate of drug-likeness (QED) is 0.520. The number of nitrogens with one attached hydrogen (secondary N) is 1. The van der Waals surface area contributed by atoms with Gasteiger partial charge in [0.25, 0.3) is 0 Å². The van der Waals surface area contributed by atoms with Crippen LogP contribution < -0.4 is 11.1 Å². The molecule has 14 heavy (non-hydrogen) atoms. The van der Waals surface area contributed by atoms with Crippen LogP contribution in [-0.2, 0) is 14.4 Å². The van der Waals surface area contributed by atoms with E-state index in [1.54, 1.807) is 0 Å². The fraction of sp³-hybridized carbons (Fsp3) is 0.571. The second kappa shape index (κ2) is 6.25. The molecule has 7 heteroatoms. The summed E-state index contributed by atoms with van der Waals surface area (Å²) >= 11 is 1.07. The summed E-state index contributed by atoms with van der Waals surface area (Å²) in [7, 11) is 0. The average molecular weight is 220 g/mol. The van der Waals surface area contributed by atoms with Crippen molar-refractivity contribution in [2.75, 3.05) is 11.5 Å². The zero-order chi connectivity index (χ0) is 11.1. The third-order valence-electron chi connectivity index (χ3n) is 1.20. The summed E-state index contributed by atoms with van der Waals surface area (Å²) in [6.45, 7) is 1.23. The molecule has 0 bridgehead atoms. The Morgan fingerprint density at radius 1 is 1.50 bits per heavy atom. The second-order valence-corrected chi connectivity index (χ2v) is 3.60. The van der Waals surface area contributed by atoms with Crippen molar-refractivity contribution in [2.45, 2.75) is 13.0 Å². The molecule has 0 aliphatic carbocycles. The highest BCUT2D eigenvalue weighted by atomic mass is 32.2. The Kier molecular flexibility index (Phi) is 5.70. The zero-order valence-corrected chi connectivity index (χ0v) is 8.47. The van der Waals surface area contributed by atoms with Crippen molar-refractivity contribution in [3.05, 3.63) is 0 Å². The summed E-state index contributed by atoms with van der Waals surface area (Å²) in [5, 5.41) is 10.9. The van der Waals surface area contributed by atoms with E-state index >= 15 is 0 Å². The highest BCUT2D eigenvalue weighted by Crippen LogP contribution is 2.02. The minimum atomic E-state index is -1.13. The predicted molar refractivity (Wildman–Crippen MR) is 51.8 cm³/mol. The number of primary amides is 1. The number of amides is 2. The van der Waals surface area contributed by atoms with Crippen LogP contribution in [-0.4, -0.2) is 40.4 Å². The number of carboxylic acid groups (broad SMARTS) is 1. The monoisotopic (exact) mass is 220 g/mol. The number of hydrogen-bond donors (Lipinski definition) is 3. The highest BCUT2D eigenvalue weighted by Gasteiger charge is 2.18. The van der Waals surface area contributed by atoms with Crippen LogP contribution in [0.2, 0.25) is 0 Å². The number of rotatable bonds is 6. The van der Waals surface area contributed by atoms with Crippen molar-refractivity contribution in [3.8, 4) is 0 Å². The topological polar surface area (TPSA) is 109 Å². The van der Waals surface area contributed by atoms with E-state index in [4.69, 9.17) is 10.8 Å². The summed E-state index contributed by atoms with van der Waals surface area (Å²) in [6.07, 6.45) is 0. The normalized spacial score (nSPS) is 11.8. The third-order valence-corrected chi connectivity index (χ3v) is 2.26. The first-order valence-electron chi connectivity index (χ1n) is 3.79. The van der Waals surface area contributed by atoms with E-state index in [0.29, 0.717) is 0 Å². The standard InChI is InChI=1S/C7H12N2O4S/c1-4(10)9-5(7(12)13)2-14-3-6(8)11/h5H,2-3H2,1H3,(H2,8,11)(H,9,10)(H,12,13)/t5-/m0/s1. The number of nitrogens with two attached hydrogens (primary N) is 1. The van der Waals surface area contributed by atoms with Crippen molar-refractivity contribution in [3.63, 3.8) is 0 Å². The number of carbonyl (C=O) groups is 3. The summed E-state index contributed by atoms with van der Waals surface area (Å²) in [5.74, 6) is -1.89. The molecule has 0 saturated heterocycles. The first-order valence-corrected chi connectivity index (χ1v) is 4.95. The van der Waals surface area contributed by atoms with Crippen LogP contribution in [0, 0.1) is 0 Å². The maximum atomic E-state index is 10.6. The van der Waals surface area contributed by atoms with Gasteiger partial charge in [-0.15, -0.1) is 11.8 Å². The number of hydrogen-bond acceptors (Lipinski definition) is 4. The maximum absolute atomic E-state index is 10.6. The fourth-order valence-corrected chi connectivity index (χ4v) is 1.48. The van der Waals surface area contributed by atoms with Gasteiger partial charge in [-0.1, -0.05) is 0 Å². The van der Waals surface area contributed by atoms with E-state index in [9.17, 15) is 14.4 Å². The first kappa shape index (κ1) is 12.8. The van der Waals surface area contributed by atoms with E-state index in [1.165, 1.54) is 6.92 Å². The largest absolute Gasteiger partial charge is 0.480 e. The van der Waals surface area contributed by atoms with E-state index < -0.39 is 23.8 Å². The molecule has 0 spiro atoms. The van der Waals surface area contributed by atoms with Gasteiger partial charge in [0, 0.05) is 12.7 Å². The van der Waals surface area contributed by atoms with Gasteiger partial charge in [-0.3, -0.25) is 9.59 Å². The summed E-state index contributed by atoms with van der Waals surface area (Å²) < 4.78 is 0. The fourth-order valence-electron chi connectivity index (χ4n) is 0.697. The molecule has 0 rings (SSSR count). The number of thioether (sulfide) groups is 1. The average Bonchev–Trinajstić information content (AvgIpc) is 2.00. The first-order chi connectivity index (χ1) is 6.43. The minimum Gasteiger partial charge on any atom is -0.480 e. The molecular weight excluding hydrogens is 208 g/mol. The molecule has 4 N–H and O–H groups in total. The number of carbonyl (C=O) groups excluding carboxylic acids is 2. The Morgan fingerprint density at radius 2 is 2.07 bits per heavy atom. The molecule has 0 aromatic heterocycles. The van der Waals surface area contributed by atoms with Gasteiger partial charge in [0.2, 0.25) is 11.8 Å². The molecule has 0 aromatic rings. The van der Waals surface area contributed by atoms with Crippen LogP contribution in [0.15, 0.2) is 0 Å². The van der Waals surface area contributed by atoms with E-state index in [1.807, 2.05) is 0 Å². The van der Waals surface area contributed by atoms with Gasteiger partial charge in [0.15, 0.2) is 0 Å². The van der Waals surface area contributed by atoms with Crippen LogP contribution >= 0.6 is 11.8 Å². The van der Waals surface area contributed by atoms with E-state index in [-0.39, 0.29) is 11.5 Å². The Hall–Kier alpha value is -1.24. The summed E-state index contributed by atoms with van der Waals surface area (Å²) in [6, 6.07) is -0.975. The Bertz CT molecular complexity index is 244. The molecule has 6 nitrogen and oxygen atoms in total. The molecule has 0 radical (unpaired) electrons. The third kappa shape index (κ3) is 6.30. The van der Waals surface area contributed by atoms with Gasteiger partial charge in [0.1, 0.15) is 6.04 Å². The lowest BCUT2D eigenvalue weighted by Crippen LogP contribution is -2.41. The lowest BCUT2D eigenvalue weighted by molar-refractivity contribution is -0.140. The van der Waals surface area contributed by atoms with Gasteiger partial charge in [0.05, 0.1) is 5.75 Å². The molecule has 80 valence electrons. The molecule has 0 aliphatic heterocycles. The molecule has 1 atom stereocenters. The highest BCUT2D eigenvalue weighted by molar-refractivity contribution is 8.00. The molecule has 0 aliphatic rings. The van der Waals surface area contributed by atoms with E-state index in [2.05, 4.69) is 5.32 Å². The molecule has 2 amide bonds. The SMILES string of the molecule is CC(=O)N[C@@H](CSCC(N)=O)C(=O)O. The lowest BCUT2D eigenvalue weighted by Gasteiger charge is -2.11. The minimum absolute atomic E-state index is 0.0450. The number of aliphatic carboxylic acids is 1. The van der Waals surface area contributed by atoms with Crippen LogP contribution in [0.5, 0.6) is 0 Å². The van der Waals surface area contributed by atoms with E-state index in [0.717, 1.165) is 11.8 Å². The maximum Gasteiger partial charge on any atom is 0.327 e. The summed E-state index contributed by atoms with van der Waals surface area (Å²) in [4.78, 5) is 31.5. The molecule has 0 aromatic carbocycles. The van der Waals surface area contributed by atoms with Gasteiger partial charge < -0.3 is 16.2 Å². The van der Waals surface area contributed by atoms with Gasteiger partial charge >= 0.3 is 5.97 Å². The van der Waals surface area contributed by atoms with Crippen molar-refractivity contribution in [2.24, 2.45) is 5.73 Å². The van der Waals surface area contributed by atoms with Gasteiger partial charge in [-0.2, -0.15) is 0 Å². The molecule has 0 heterocycles.